The number of nitrogens with two attached hydrogens (primary N) is 1. The lowest BCUT2D eigenvalue weighted by molar-refractivity contribution is 0.0601. The third-order valence-corrected chi connectivity index (χ3v) is 3.50. The number of hydrogen-bond acceptors (Lipinski definition) is 4. The Balaban J connectivity index is 3.28. The number of nitrogens with zero attached hydrogens (tertiary/aromatic N) is 1. The van der Waals surface area contributed by atoms with Crippen molar-refractivity contribution >= 4 is 28.9 Å². The first-order valence-electron chi connectivity index (χ1n) is 6.32. The van der Waals surface area contributed by atoms with Gasteiger partial charge >= 0.3 is 5.97 Å². The maximum Gasteiger partial charge on any atom is 0.340 e. The highest BCUT2D eigenvalue weighted by Crippen LogP contribution is 2.34. The molecular formula is C14H21ClN2O2. The molecule has 0 aliphatic carbocycles. The molecule has 5 heteroatoms. The van der Waals surface area contributed by atoms with Gasteiger partial charge in [0.25, 0.3) is 0 Å². The van der Waals surface area contributed by atoms with Gasteiger partial charge in [-0.1, -0.05) is 24.9 Å². The first kappa shape index (κ1) is 15.6. The Labute approximate surface area is 119 Å². The van der Waals surface area contributed by atoms with E-state index in [-0.39, 0.29) is 6.04 Å². The van der Waals surface area contributed by atoms with Crippen LogP contribution >= 0.6 is 11.6 Å². The number of carbonyl (C=O) groups excluding carboxylic acids is 1. The van der Waals surface area contributed by atoms with Crippen LogP contribution in [0.2, 0.25) is 5.02 Å². The van der Waals surface area contributed by atoms with Crippen LogP contribution in [-0.4, -0.2) is 26.2 Å². The van der Waals surface area contributed by atoms with Crippen LogP contribution in [0.4, 0.5) is 11.4 Å². The van der Waals surface area contributed by atoms with Crippen LogP contribution in [0.5, 0.6) is 0 Å². The summed E-state index contributed by atoms with van der Waals surface area (Å²) in [5, 5.41) is 0.464. The van der Waals surface area contributed by atoms with Crippen molar-refractivity contribution in [3.63, 3.8) is 0 Å². The van der Waals surface area contributed by atoms with Gasteiger partial charge in [0.2, 0.25) is 0 Å². The predicted molar refractivity (Wildman–Crippen MR) is 80.0 cm³/mol. The van der Waals surface area contributed by atoms with Gasteiger partial charge in [-0.15, -0.1) is 0 Å². The lowest BCUT2D eigenvalue weighted by Gasteiger charge is -2.29. The quantitative estimate of drug-likeness (QED) is 0.665. The molecule has 2 N–H and O–H groups in total. The Kier molecular flexibility index (Phi) is 5.48. The Morgan fingerprint density at radius 2 is 2.16 bits per heavy atom. The van der Waals surface area contributed by atoms with E-state index in [0.717, 1.165) is 12.8 Å². The summed E-state index contributed by atoms with van der Waals surface area (Å²) in [6.07, 6.45) is 2.07. The van der Waals surface area contributed by atoms with E-state index in [9.17, 15) is 4.79 Å². The summed E-state index contributed by atoms with van der Waals surface area (Å²) >= 11 is 6.25. The smallest absolute Gasteiger partial charge is 0.340 e. The average molecular weight is 285 g/mol. The van der Waals surface area contributed by atoms with E-state index in [1.807, 2.05) is 11.9 Å². The molecule has 0 bridgehead atoms. The van der Waals surface area contributed by atoms with Crippen molar-refractivity contribution in [2.24, 2.45) is 0 Å². The molecule has 0 saturated heterocycles. The van der Waals surface area contributed by atoms with Crippen molar-refractivity contribution in [3.8, 4) is 0 Å². The van der Waals surface area contributed by atoms with Gasteiger partial charge in [0.05, 0.1) is 23.4 Å². The molecule has 1 aromatic carbocycles. The van der Waals surface area contributed by atoms with Gasteiger partial charge in [0, 0.05) is 18.8 Å². The van der Waals surface area contributed by atoms with Crippen molar-refractivity contribution < 1.29 is 9.53 Å². The Hall–Kier alpha value is -1.42. The van der Waals surface area contributed by atoms with Crippen LogP contribution in [0.15, 0.2) is 12.1 Å². The molecule has 0 radical (unpaired) electrons. The number of carbonyl (C=O) groups is 1. The fourth-order valence-electron chi connectivity index (χ4n) is 2.08. The van der Waals surface area contributed by atoms with Gasteiger partial charge in [0.1, 0.15) is 0 Å². The molecule has 0 saturated carbocycles. The first-order chi connectivity index (χ1) is 8.92. The monoisotopic (exact) mass is 284 g/mol. The molecule has 106 valence electrons. The third-order valence-electron chi connectivity index (χ3n) is 3.21. The van der Waals surface area contributed by atoms with Crippen LogP contribution in [0.1, 0.15) is 37.0 Å². The zero-order valence-electron chi connectivity index (χ0n) is 11.9. The van der Waals surface area contributed by atoms with Crippen LogP contribution in [0, 0.1) is 0 Å². The summed E-state index contributed by atoms with van der Waals surface area (Å²) in [5.41, 5.74) is 7.27. The van der Waals surface area contributed by atoms with Gasteiger partial charge in [-0.25, -0.2) is 4.79 Å². The maximum atomic E-state index is 11.9. The number of ether oxygens (including phenoxy) is 1. The SMILES string of the molecule is CCCC(C)N(C)c1c(Cl)cc(N)cc1C(=O)OC. The van der Waals surface area contributed by atoms with Gasteiger partial charge < -0.3 is 15.4 Å². The summed E-state index contributed by atoms with van der Waals surface area (Å²) in [6.45, 7) is 4.22. The van der Waals surface area contributed by atoms with Gasteiger partial charge in [-0.05, 0) is 25.5 Å². The second-order valence-electron chi connectivity index (χ2n) is 4.64. The van der Waals surface area contributed by atoms with Gasteiger partial charge in [0.15, 0.2) is 0 Å². The molecule has 0 heterocycles. The van der Waals surface area contributed by atoms with Crippen molar-refractivity contribution in [2.45, 2.75) is 32.7 Å². The summed E-state index contributed by atoms with van der Waals surface area (Å²) in [6, 6.07) is 3.52. The summed E-state index contributed by atoms with van der Waals surface area (Å²) in [4.78, 5) is 13.9. The first-order valence-corrected chi connectivity index (χ1v) is 6.70. The molecule has 19 heavy (non-hydrogen) atoms. The number of anilines is 2. The minimum Gasteiger partial charge on any atom is -0.465 e. The molecule has 1 atom stereocenters. The van der Waals surface area contributed by atoms with Crippen LogP contribution in [0.25, 0.3) is 0 Å². The van der Waals surface area contributed by atoms with E-state index in [1.165, 1.54) is 7.11 Å². The highest BCUT2D eigenvalue weighted by Gasteiger charge is 2.21. The molecule has 1 aromatic rings. The number of methoxy groups -OCH3 is 1. The normalized spacial score (nSPS) is 12.1. The van der Waals surface area contributed by atoms with E-state index in [0.29, 0.717) is 22.0 Å². The predicted octanol–water partition coefficient (Wildman–Crippen LogP) is 3.33. The minimum atomic E-state index is -0.431. The molecule has 0 fully saturated rings. The Morgan fingerprint density at radius 3 is 2.68 bits per heavy atom. The molecule has 1 rings (SSSR count). The number of nitrogen functional groups attached to an aromatic ring is 1. The average Bonchev–Trinajstić information content (AvgIpc) is 2.36. The zero-order valence-corrected chi connectivity index (χ0v) is 12.6. The molecule has 0 aliphatic rings. The lowest BCUT2D eigenvalue weighted by atomic mass is 10.1. The summed E-state index contributed by atoms with van der Waals surface area (Å²) in [5.74, 6) is -0.431. The Bertz CT molecular complexity index is 463. The summed E-state index contributed by atoms with van der Waals surface area (Å²) < 4.78 is 4.80. The van der Waals surface area contributed by atoms with Crippen molar-refractivity contribution in [1.82, 2.24) is 0 Å². The largest absolute Gasteiger partial charge is 0.465 e. The van der Waals surface area contributed by atoms with Gasteiger partial charge in [-0.2, -0.15) is 0 Å². The van der Waals surface area contributed by atoms with Crippen LogP contribution in [-0.2, 0) is 4.74 Å². The highest BCUT2D eigenvalue weighted by molar-refractivity contribution is 6.34. The second kappa shape index (κ2) is 6.66. The van der Waals surface area contributed by atoms with Crippen molar-refractivity contribution in [3.05, 3.63) is 22.7 Å². The number of hydrogen-bond donors (Lipinski definition) is 1. The molecule has 4 nitrogen and oxygen atoms in total. The molecule has 0 aliphatic heterocycles. The highest BCUT2D eigenvalue weighted by atomic mass is 35.5. The fourth-order valence-corrected chi connectivity index (χ4v) is 2.44. The number of benzene rings is 1. The second-order valence-corrected chi connectivity index (χ2v) is 5.05. The van der Waals surface area contributed by atoms with E-state index < -0.39 is 5.97 Å². The van der Waals surface area contributed by atoms with Gasteiger partial charge in [-0.3, -0.25) is 0 Å². The number of esters is 1. The van der Waals surface area contributed by atoms with E-state index in [2.05, 4.69) is 13.8 Å². The molecule has 0 aromatic heterocycles. The van der Waals surface area contributed by atoms with Crippen LogP contribution < -0.4 is 10.6 Å². The minimum absolute atomic E-state index is 0.273. The van der Waals surface area contributed by atoms with Crippen molar-refractivity contribution in [1.29, 1.82) is 0 Å². The van der Waals surface area contributed by atoms with E-state index in [4.69, 9.17) is 22.1 Å². The molecule has 0 spiro atoms. The third kappa shape index (κ3) is 3.53. The Morgan fingerprint density at radius 1 is 1.53 bits per heavy atom. The van der Waals surface area contributed by atoms with Crippen LogP contribution in [0.3, 0.4) is 0 Å². The fraction of sp³-hybridized carbons (Fsp3) is 0.500. The molecular weight excluding hydrogens is 264 g/mol. The zero-order chi connectivity index (χ0) is 14.6. The molecule has 1 unspecified atom stereocenters. The number of halogens is 1. The maximum absolute atomic E-state index is 11.9. The standard InChI is InChI=1S/C14H21ClN2O2/c1-5-6-9(2)17(3)13-11(14(18)19-4)7-10(16)8-12(13)15/h7-9H,5-6,16H2,1-4H3. The lowest BCUT2D eigenvalue weighted by Crippen LogP contribution is -2.30. The van der Waals surface area contributed by atoms with Crippen molar-refractivity contribution in [2.75, 3.05) is 24.8 Å². The van der Waals surface area contributed by atoms with E-state index in [1.54, 1.807) is 12.1 Å². The topological polar surface area (TPSA) is 55.6 Å². The summed E-state index contributed by atoms with van der Waals surface area (Å²) in [7, 11) is 3.27. The number of rotatable bonds is 5. The van der Waals surface area contributed by atoms with E-state index >= 15 is 0 Å². The molecule has 0 amide bonds.